The molecule has 42 heavy (non-hydrogen) atoms. The van der Waals surface area contributed by atoms with E-state index < -0.39 is 91.2 Å². The van der Waals surface area contributed by atoms with E-state index in [1.54, 1.807) is 5.32 Å². The van der Waals surface area contributed by atoms with Gasteiger partial charge in [-0.05, 0) is 25.1 Å². The Morgan fingerprint density at radius 2 is 1.86 bits per heavy atom. The van der Waals surface area contributed by atoms with E-state index in [0.29, 0.717) is 19.1 Å². The first kappa shape index (κ1) is 31.4. The number of amides is 3. The number of aromatic nitrogens is 1. The zero-order valence-corrected chi connectivity index (χ0v) is 23.1. The Labute approximate surface area is 239 Å². The number of nitrogens with zero attached hydrogens (tertiary/aromatic N) is 2. The molecule has 0 aliphatic carbocycles. The first-order valence-electron chi connectivity index (χ1n) is 12.0. The lowest BCUT2D eigenvalue weighted by atomic mass is 10.1. The normalized spacial score (nSPS) is 20.6. The summed E-state index contributed by atoms with van der Waals surface area (Å²) >= 11 is 6.25. The average Bonchev–Trinajstić information content (AvgIpc) is 3.38. The van der Waals surface area contributed by atoms with E-state index in [-0.39, 0.29) is 25.4 Å². The second-order valence-electron chi connectivity index (χ2n) is 9.59. The average molecular weight is 646 g/mol. The van der Waals surface area contributed by atoms with E-state index in [2.05, 4.69) is 10.0 Å². The van der Waals surface area contributed by atoms with Crippen LogP contribution in [0.3, 0.4) is 0 Å². The fourth-order valence-electron chi connectivity index (χ4n) is 4.48. The molecule has 1 aromatic heterocycles. The fourth-order valence-corrected chi connectivity index (χ4v) is 6.49. The van der Waals surface area contributed by atoms with E-state index in [1.165, 1.54) is 7.05 Å². The SMILES string of the molecule is CC(NC(=O)C(=O)N1CC2COc3c(c(Cl)n(C)c3C(=O)Nc3ccc(F)c(C(F)F)c3)S(=O)(=O)NC2C1)C(F)(F)F. The number of hydrogen-bond acceptors (Lipinski definition) is 6. The topological polar surface area (TPSA) is 139 Å². The molecule has 0 spiro atoms. The van der Waals surface area contributed by atoms with Crippen LogP contribution < -0.4 is 20.1 Å². The quantitative estimate of drug-likeness (QED) is 0.345. The molecule has 230 valence electrons. The maximum absolute atomic E-state index is 13.7. The number of nitrogens with one attached hydrogen (secondary N) is 3. The van der Waals surface area contributed by atoms with Crippen molar-refractivity contribution >= 4 is 45.0 Å². The number of ether oxygens (including phenoxy) is 1. The minimum Gasteiger partial charge on any atom is -0.489 e. The van der Waals surface area contributed by atoms with Gasteiger partial charge in [0.2, 0.25) is 10.0 Å². The summed E-state index contributed by atoms with van der Waals surface area (Å²) in [6.45, 7) is -0.363. The number of halogens is 7. The number of fused-ring (bicyclic) bond motifs is 2. The second kappa shape index (κ2) is 11.3. The van der Waals surface area contributed by atoms with Crippen molar-refractivity contribution in [2.75, 3.05) is 25.0 Å². The smallest absolute Gasteiger partial charge is 0.408 e. The van der Waals surface area contributed by atoms with Gasteiger partial charge < -0.3 is 24.8 Å². The summed E-state index contributed by atoms with van der Waals surface area (Å²) in [5, 5.41) is 3.33. The molecule has 2 aliphatic heterocycles. The number of carbonyl (C=O) groups excluding carboxylic acids is 3. The molecule has 11 nitrogen and oxygen atoms in total. The molecule has 0 saturated carbocycles. The van der Waals surface area contributed by atoms with Gasteiger partial charge in [-0.2, -0.15) is 13.2 Å². The summed E-state index contributed by atoms with van der Waals surface area (Å²) in [5.74, 6) is -6.44. The number of benzene rings is 1. The van der Waals surface area contributed by atoms with Crippen LogP contribution in [0, 0.1) is 11.7 Å². The summed E-state index contributed by atoms with van der Waals surface area (Å²) in [7, 11) is -3.34. The van der Waals surface area contributed by atoms with Gasteiger partial charge in [0.05, 0.1) is 12.2 Å². The molecule has 3 atom stereocenters. The molecule has 1 saturated heterocycles. The van der Waals surface area contributed by atoms with Crippen LogP contribution in [0.25, 0.3) is 0 Å². The van der Waals surface area contributed by atoms with Crippen molar-refractivity contribution in [1.82, 2.24) is 19.5 Å². The van der Waals surface area contributed by atoms with Gasteiger partial charge in [-0.3, -0.25) is 14.4 Å². The van der Waals surface area contributed by atoms with Crippen molar-refractivity contribution in [2.24, 2.45) is 13.0 Å². The Balaban J connectivity index is 1.59. The standard InChI is InChI=1S/C23H22ClF6N5O6S/c1-9(23(28,29)30)31-21(37)22(38)35-6-10-8-41-16-15(20(36)32-11-3-4-13(25)12(5-11)19(26)27)34(2)18(24)17(16)42(39,40)33-14(10)7-35/h3-5,9-10,14,19,33H,6-8H2,1-2H3,(H,31,37)(H,32,36). The maximum atomic E-state index is 13.7. The van der Waals surface area contributed by atoms with Gasteiger partial charge in [0, 0.05) is 37.8 Å². The molecule has 3 N–H and O–H groups in total. The molecule has 4 rings (SSSR count). The Morgan fingerprint density at radius 1 is 1.19 bits per heavy atom. The van der Waals surface area contributed by atoms with Gasteiger partial charge in [0.1, 0.15) is 17.0 Å². The second-order valence-corrected chi connectivity index (χ2v) is 11.6. The van der Waals surface area contributed by atoms with Crippen molar-refractivity contribution in [2.45, 2.75) is 36.5 Å². The largest absolute Gasteiger partial charge is 0.489 e. The zero-order chi connectivity index (χ0) is 31.3. The monoisotopic (exact) mass is 645 g/mol. The first-order chi connectivity index (χ1) is 19.4. The lowest BCUT2D eigenvalue weighted by molar-refractivity contribution is -0.162. The highest BCUT2D eigenvalue weighted by Crippen LogP contribution is 2.40. The van der Waals surface area contributed by atoms with Crippen LogP contribution in [-0.2, 0) is 26.7 Å². The third-order valence-electron chi connectivity index (χ3n) is 6.72. The molecule has 2 aromatic rings. The molecular weight excluding hydrogens is 624 g/mol. The van der Waals surface area contributed by atoms with Crippen LogP contribution in [0.1, 0.15) is 29.4 Å². The number of anilines is 1. The number of hydrogen-bond donors (Lipinski definition) is 3. The van der Waals surface area contributed by atoms with E-state index in [0.717, 1.165) is 15.5 Å². The Bertz CT molecular complexity index is 1550. The third kappa shape index (κ3) is 6.00. The Kier molecular flexibility index (Phi) is 8.45. The van der Waals surface area contributed by atoms with Crippen LogP contribution in [0.15, 0.2) is 23.1 Å². The lowest BCUT2D eigenvalue weighted by Crippen LogP contribution is -2.50. The van der Waals surface area contributed by atoms with E-state index in [4.69, 9.17) is 16.3 Å². The van der Waals surface area contributed by atoms with Crippen molar-refractivity contribution in [3.8, 4) is 5.75 Å². The predicted molar refractivity (Wildman–Crippen MR) is 133 cm³/mol. The highest BCUT2D eigenvalue weighted by atomic mass is 35.5. The van der Waals surface area contributed by atoms with Gasteiger partial charge in [-0.25, -0.2) is 26.3 Å². The first-order valence-corrected chi connectivity index (χ1v) is 13.9. The molecular formula is C23H22ClF6N5O6S. The minimum absolute atomic E-state index is 0.238. The van der Waals surface area contributed by atoms with Gasteiger partial charge in [-0.15, -0.1) is 0 Å². The van der Waals surface area contributed by atoms with E-state index in [9.17, 15) is 49.1 Å². The zero-order valence-electron chi connectivity index (χ0n) is 21.6. The van der Waals surface area contributed by atoms with Crippen molar-refractivity contribution in [3.05, 3.63) is 40.4 Å². The molecule has 0 radical (unpaired) electrons. The summed E-state index contributed by atoms with van der Waals surface area (Å²) in [5.41, 5.74) is -1.66. The number of rotatable bonds is 4. The van der Waals surface area contributed by atoms with Crippen LogP contribution in [0.4, 0.5) is 32.0 Å². The summed E-state index contributed by atoms with van der Waals surface area (Å²) in [6, 6.07) is -0.938. The van der Waals surface area contributed by atoms with E-state index in [1.807, 2.05) is 0 Å². The van der Waals surface area contributed by atoms with Crippen molar-refractivity contribution in [3.63, 3.8) is 0 Å². The number of sulfonamides is 1. The van der Waals surface area contributed by atoms with Gasteiger partial charge >= 0.3 is 18.0 Å². The predicted octanol–water partition coefficient (Wildman–Crippen LogP) is 2.57. The minimum atomic E-state index is -4.80. The molecule has 3 heterocycles. The highest BCUT2D eigenvalue weighted by Gasteiger charge is 2.45. The Morgan fingerprint density at radius 3 is 2.48 bits per heavy atom. The summed E-state index contributed by atoms with van der Waals surface area (Å²) < 4.78 is 114. The van der Waals surface area contributed by atoms with Crippen LogP contribution in [0.2, 0.25) is 5.15 Å². The van der Waals surface area contributed by atoms with Crippen LogP contribution >= 0.6 is 11.6 Å². The lowest BCUT2D eigenvalue weighted by Gasteiger charge is -2.23. The summed E-state index contributed by atoms with van der Waals surface area (Å²) in [6.07, 6.45) is -7.98. The highest BCUT2D eigenvalue weighted by molar-refractivity contribution is 7.89. The molecule has 0 bridgehead atoms. The van der Waals surface area contributed by atoms with Crippen molar-refractivity contribution in [1.29, 1.82) is 0 Å². The van der Waals surface area contributed by atoms with Crippen LogP contribution in [0.5, 0.6) is 5.75 Å². The number of carbonyl (C=O) groups is 3. The fraction of sp³-hybridized carbons (Fsp3) is 0.435. The molecule has 3 unspecified atom stereocenters. The number of alkyl halides is 5. The van der Waals surface area contributed by atoms with Gasteiger partial charge in [0.15, 0.2) is 16.3 Å². The summed E-state index contributed by atoms with van der Waals surface area (Å²) in [4.78, 5) is 38.0. The molecule has 3 amide bonds. The molecule has 19 heteroatoms. The molecule has 2 aliphatic rings. The number of likely N-dealkylation sites (tertiary alicyclic amines) is 1. The third-order valence-corrected chi connectivity index (χ3v) is 8.80. The van der Waals surface area contributed by atoms with E-state index >= 15 is 0 Å². The van der Waals surface area contributed by atoms with Crippen molar-refractivity contribution < 1.29 is 53.9 Å². The van der Waals surface area contributed by atoms with Gasteiger partial charge in [-0.1, -0.05) is 11.6 Å². The Hall–Kier alpha value is -3.51. The molecule has 1 fully saturated rings. The van der Waals surface area contributed by atoms with Gasteiger partial charge in [0.25, 0.3) is 12.3 Å². The van der Waals surface area contributed by atoms with Crippen LogP contribution in [-0.4, -0.2) is 73.6 Å². The maximum Gasteiger partial charge on any atom is 0.408 e. The molecule has 1 aromatic carbocycles.